The van der Waals surface area contributed by atoms with Crippen molar-refractivity contribution in [3.63, 3.8) is 0 Å². The molecule has 0 aromatic carbocycles. The van der Waals surface area contributed by atoms with E-state index >= 15 is 0 Å². The maximum absolute atomic E-state index is 5.59. The maximum Gasteiger partial charge on any atom is 0.217 e. The van der Waals surface area contributed by atoms with Crippen molar-refractivity contribution in [2.75, 3.05) is 46.4 Å². The Morgan fingerprint density at radius 1 is 1.25 bits per heavy atom. The first kappa shape index (κ1) is 15.2. The predicted molar refractivity (Wildman–Crippen MR) is 80.8 cm³/mol. The largest absolute Gasteiger partial charge is 0.481 e. The van der Waals surface area contributed by atoms with Crippen LogP contribution in [0.4, 0.5) is 0 Å². The average Bonchev–Trinajstić information content (AvgIpc) is 2.71. The highest BCUT2D eigenvalue weighted by atomic mass is 16.5. The molecule has 5 nitrogen and oxygen atoms in total. The standard InChI is InChI=1S/C15H26N4O/c1-20-15-14(5-2-7-17-15)13-19-10-4-9-18(11-12-19)8-3-6-16/h2,5,7H,3-4,6,8-13,16H2,1H3. The highest BCUT2D eigenvalue weighted by Crippen LogP contribution is 2.17. The van der Waals surface area contributed by atoms with Crippen LogP contribution in [0.3, 0.4) is 0 Å². The first-order valence-corrected chi connectivity index (χ1v) is 7.46. The Morgan fingerprint density at radius 3 is 2.85 bits per heavy atom. The van der Waals surface area contributed by atoms with Gasteiger partial charge in [0.05, 0.1) is 7.11 Å². The van der Waals surface area contributed by atoms with Gasteiger partial charge in [0.2, 0.25) is 5.88 Å². The summed E-state index contributed by atoms with van der Waals surface area (Å²) in [5.41, 5.74) is 6.76. The minimum Gasteiger partial charge on any atom is -0.481 e. The number of rotatable bonds is 6. The second-order valence-electron chi connectivity index (χ2n) is 5.29. The quantitative estimate of drug-likeness (QED) is 0.839. The number of pyridine rings is 1. The summed E-state index contributed by atoms with van der Waals surface area (Å²) in [5, 5.41) is 0. The third kappa shape index (κ3) is 4.44. The summed E-state index contributed by atoms with van der Waals surface area (Å²) >= 11 is 0. The third-order valence-electron chi connectivity index (χ3n) is 3.80. The lowest BCUT2D eigenvalue weighted by Crippen LogP contribution is -2.32. The lowest BCUT2D eigenvalue weighted by atomic mass is 10.2. The highest BCUT2D eigenvalue weighted by Gasteiger charge is 2.16. The van der Waals surface area contributed by atoms with E-state index in [0.29, 0.717) is 0 Å². The lowest BCUT2D eigenvalue weighted by Gasteiger charge is -2.22. The fraction of sp³-hybridized carbons (Fsp3) is 0.667. The van der Waals surface area contributed by atoms with E-state index < -0.39 is 0 Å². The zero-order valence-electron chi connectivity index (χ0n) is 12.4. The Kier molecular flexibility index (Phi) is 6.24. The Balaban J connectivity index is 1.87. The molecular formula is C15H26N4O. The van der Waals surface area contributed by atoms with Crippen molar-refractivity contribution in [1.29, 1.82) is 0 Å². The Morgan fingerprint density at radius 2 is 2.05 bits per heavy atom. The van der Waals surface area contributed by atoms with E-state index in [1.807, 2.05) is 6.07 Å². The molecule has 0 amide bonds. The third-order valence-corrected chi connectivity index (χ3v) is 3.80. The van der Waals surface area contributed by atoms with Gasteiger partial charge in [-0.15, -0.1) is 0 Å². The summed E-state index contributed by atoms with van der Waals surface area (Å²) in [5.74, 6) is 0.747. The van der Waals surface area contributed by atoms with E-state index in [0.717, 1.165) is 51.6 Å². The molecule has 1 aromatic rings. The van der Waals surface area contributed by atoms with Crippen LogP contribution in [0.1, 0.15) is 18.4 Å². The molecule has 0 radical (unpaired) electrons. The van der Waals surface area contributed by atoms with Crippen LogP contribution in [0, 0.1) is 0 Å². The van der Waals surface area contributed by atoms with Crippen molar-refractivity contribution >= 4 is 0 Å². The molecule has 0 spiro atoms. The second kappa shape index (κ2) is 8.19. The van der Waals surface area contributed by atoms with Gasteiger partial charge < -0.3 is 15.4 Å². The lowest BCUT2D eigenvalue weighted by molar-refractivity contribution is 0.247. The van der Waals surface area contributed by atoms with Crippen LogP contribution in [0.25, 0.3) is 0 Å². The van der Waals surface area contributed by atoms with E-state index in [1.165, 1.54) is 18.5 Å². The number of aromatic nitrogens is 1. The van der Waals surface area contributed by atoms with Gasteiger partial charge in [0.1, 0.15) is 0 Å². The van der Waals surface area contributed by atoms with E-state index in [-0.39, 0.29) is 0 Å². The second-order valence-corrected chi connectivity index (χ2v) is 5.29. The van der Waals surface area contributed by atoms with Gasteiger partial charge in [0.15, 0.2) is 0 Å². The number of methoxy groups -OCH3 is 1. The van der Waals surface area contributed by atoms with Crippen molar-refractivity contribution in [3.05, 3.63) is 23.9 Å². The van der Waals surface area contributed by atoms with Gasteiger partial charge in [0.25, 0.3) is 0 Å². The highest BCUT2D eigenvalue weighted by molar-refractivity contribution is 5.25. The molecule has 2 N–H and O–H groups in total. The molecule has 0 atom stereocenters. The number of nitrogens with two attached hydrogens (primary N) is 1. The summed E-state index contributed by atoms with van der Waals surface area (Å²) in [7, 11) is 1.68. The Labute approximate surface area is 121 Å². The summed E-state index contributed by atoms with van der Waals surface area (Å²) in [4.78, 5) is 9.28. The van der Waals surface area contributed by atoms with Crippen LogP contribution in [-0.4, -0.2) is 61.2 Å². The van der Waals surface area contributed by atoms with Crippen LogP contribution < -0.4 is 10.5 Å². The fourth-order valence-electron chi connectivity index (χ4n) is 2.69. The maximum atomic E-state index is 5.59. The SMILES string of the molecule is COc1ncccc1CN1CCCN(CCCN)CC1. The number of hydrogen-bond donors (Lipinski definition) is 1. The van der Waals surface area contributed by atoms with Gasteiger partial charge in [0, 0.05) is 31.4 Å². The van der Waals surface area contributed by atoms with Crippen LogP contribution in [0.5, 0.6) is 5.88 Å². The van der Waals surface area contributed by atoms with E-state index in [2.05, 4.69) is 20.9 Å². The first-order chi connectivity index (χ1) is 9.83. The average molecular weight is 278 g/mol. The van der Waals surface area contributed by atoms with Crippen molar-refractivity contribution in [2.24, 2.45) is 5.73 Å². The normalized spacial score (nSPS) is 17.9. The van der Waals surface area contributed by atoms with Crippen molar-refractivity contribution in [3.8, 4) is 5.88 Å². The minimum atomic E-state index is 0.747. The molecule has 2 heterocycles. The van der Waals surface area contributed by atoms with Gasteiger partial charge >= 0.3 is 0 Å². The Hall–Kier alpha value is -1.17. The van der Waals surface area contributed by atoms with Gasteiger partial charge in [-0.2, -0.15) is 0 Å². The summed E-state index contributed by atoms with van der Waals surface area (Å²) in [6, 6.07) is 4.08. The predicted octanol–water partition coefficient (Wildman–Crippen LogP) is 0.947. The number of ether oxygens (including phenoxy) is 1. The smallest absolute Gasteiger partial charge is 0.217 e. The molecule has 0 aliphatic carbocycles. The molecule has 0 unspecified atom stereocenters. The zero-order valence-corrected chi connectivity index (χ0v) is 12.4. The molecule has 1 aliphatic heterocycles. The minimum absolute atomic E-state index is 0.747. The van der Waals surface area contributed by atoms with E-state index in [1.54, 1.807) is 13.3 Å². The molecule has 1 aromatic heterocycles. The zero-order chi connectivity index (χ0) is 14.2. The van der Waals surface area contributed by atoms with Crippen LogP contribution in [-0.2, 0) is 6.54 Å². The summed E-state index contributed by atoms with van der Waals surface area (Å²) in [6.45, 7) is 7.37. The van der Waals surface area contributed by atoms with Crippen molar-refractivity contribution in [2.45, 2.75) is 19.4 Å². The molecule has 0 bridgehead atoms. The molecule has 0 saturated carbocycles. The van der Waals surface area contributed by atoms with Crippen LogP contribution >= 0.6 is 0 Å². The number of hydrogen-bond acceptors (Lipinski definition) is 5. The first-order valence-electron chi connectivity index (χ1n) is 7.46. The molecule has 112 valence electrons. The summed E-state index contributed by atoms with van der Waals surface area (Å²) < 4.78 is 5.33. The molecule has 20 heavy (non-hydrogen) atoms. The molecule has 1 saturated heterocycles. The van der Waals surface area contributed by atoms with Gasteiger partial charge in [-0.1, -0.05) is 6.07 Å². The van der Waals surface area contributed by atoms with Crippen molar-refractivity contribution < 1.29 is 4.74 Å². The van der Waals surface area contributed by atoms with Crippen LogP contribution in [0.2, 0.25) is 0 Å². The molecule has 1 aliphatic rings. The topological polar surface area (TPSA) is 54.6 Å². The van der Waals surface area contributed by atoms with Gasteiger partial charge in [-0.05, 0) is 45.1 Å². The summed E-state index contributed by atoms with van der Waals surface area (Å²) in [6.07, 6.45) is 4.09. The monoisotopic (exact) mass is 278 g/mol. The van der Waals surface area contributed by atoms with E-state index in [9.17, 15) is 0 Å². The molecule has 1 fully saturated rings. The van der Waals surface area contributed by atoms with Crippen LogP contribution in [0.15, 0.2) is 18.3 Å². The van der Waals surface area contributed by atoms with Gasteiger partial charge in [-0.3, -0.25) is 4.90 Å². The fourth-order valence-corrected chi connectivity index (χ4v) is 2.69. The van der Waals surface area contributed by atoms with Gasteiger partial charge in [-0.25, -0.2) is 4.98 Å². The van der Waals surface area contributed by atoms with Crippen molar-refractivity contribution in [1.82, 2.24) is 14.8 Å². The molecule has 5 heteroatoms. The number of nitrogens with zero attached hydrogens (tertiary/aromatic N) is 3. The molecule has 2 rings (SSSR count). The Bertz CT molecular complexity index is 399. The molecular weight excluding hydrogens is 252 g/mol. The van der Waals surface area contributed by atoms with E-state index in [4.69, 9.17) is 10.5 Å².